The lowest BCUT2D eigenvalue weighted by Gasteiger charge is -2.03. The van der Waals surface area contributed by atoms with Gasteiger partial charge in [0.15, 0.2) is 5.78 Å². The standard InChI is InChI=1S/C12H12O2/c1-2-12(13)9-3-5-10(6-4-9)14-11-7-8-11/h2-6,11H,1,7-8H2. The van der Waals surface area contributed by atoms with Crippen molar-refractivity contribution in [3.63, 3.8) is 0 Å². The quantitative estimate of drug-likeness (QED) is 0.536. The highest BCUT2D eigenvalue weighted by Gasteiger charge is 2.23. The van der Waals surface area contributed by atoms with Gasteiger partial charge in [0.05, 0.1) is 6.10 Å². The molecule has 0 amide bonds. The summed E-state index contributed by atoms with van der Waals surface area (Å²) in [6.45, 7) is 3.44. The zero-order chi connectivity index (χ0) is 9.97. The predicted octanol–water partition coefficient (Wildman–Crippen LogP) is 2.60. The molecule has 1 fully saturated rings. The molecule has 1 aliphatic carbocycles. The third-order valence-electron chi connectivity index (χ3n) is 2.15. The van der Waals surface area contributed by atoms with E-state index in [-0.39, 0.29) is 5.78 Å². The van der Waals surface area contributed by atoms with Crippen LogP contribution in [0.25, 0.3) is 0 Å². The van der Waals surface area contributed by atoms with Crippen LogP contribution in [0.3, 0.4) is 0 Å². The summed E-state index contributed by atoms with van der Waals surface area (Å²) in [6.07, 6.45) is 4.01. The van der Waals surface area contributed by atoms with Crippen LogP contribution in [-0.4, -0.2) is 11.9 Å². The van der Waals surface area contributed by atoms with Gasteiger partial charge in [-0.1, -0.05) is 6.58 Å². The van der Waals surface area contributed by atoms with E-state index in [2.05, 4.69) is 6.58 Å². The minimum atomic E-state index is -0.0528. The Morgan fingerprint density at radius 3 is 2.50 bits per heavy atom. The van der Waals surface area contributed by atoms with Crippen molar-refractivity contribution in [2.24, 2.45) is 0 Å². The topological polar surface area (TPSA) is 26.3 Å². The molecule has 0 radical (unpaired) electrons. The Bertz CT molecular complexity index is 347. The molecule has 0 N–H and O–H groups in total. The lowest BCUT2D eigenvalue weighted by atomic mass is 10.1. The number of benzene rings is 1. The molecule has 0 aliphatic heterocycles. The number of carbonyl (C=O) groups excluding carboxylic acids is 1. The van der Waals surface area contributed by atoms with Crippen molar-refractivity contribution in [1.29, 1.82) is 0 Å². The van der Waals surface area contributed by atoms with E-state index in [1.165, 1.54) is 6.08 Å². The number of ether oxygens (including phenoxy) is 1. The molecule has 1 aliphatic rings. The summed E-state index contributed by atoms with van der Waals surface area (Å²) in [7, 11) is 0. The Kier molecular flexibility index (Phi) is 2.35. The van der Waals surface area contributed by atoms with E-state index in [0.29, 0.717) is 11.7 Å². The summed E-state index contributed by atoms with van der Waals surface area (Å²) in [5.74, 6) is 0.788. The van der Waals surface area contributed by atoms with Crippen molar-refractivity contribution in [3.05, 3.63) is 42.5 Å². The fourth-order valence-electron chi connectivity index (χ4n) is 1.19. The van der Waals surface area contributed by atoms with Crippen LogP contribution < -0.4 is 4.74 Å². The van der Waals surface area contributed by atoms with E-state index in [0.717, 1.165) is 18.6 Å². The van der Waals surface area contributed by atoms with Crippen LogP contribution in [-0.2, 0) is 0 Å². The van der Waals surface area contributed by atoms with E-state index >= 15 is 0 Å². The Hall–Kier alpha value is -1.57. The van der Waals surface area contributed by atoms with E-state index in [4.69, 9.17) is 4.74 Å². The number of hydrogen-bond donors (Lipinski definition) is 0. The molecule has 1 saturated carbocycles. The summed E-state index contributed by atoms with van der Waals surface area (Å²) in [5.41, 5.74) is 0.656. The molecule has 2 rings (SSSR count). The zero-order valence-corrected chi connectivity index (χ0v) is 7.90. The molecule has 2 heteroatoms. The van der Waals surface area contributed by atoms with Gasteiger partial charge >= 0.3 is 0 Å². The zero-order valence-electron chi connectivity index (χ0n) is 7.90. The van der Waals surface area contributed by atoms with Gasteiger partial charge in [0.25, 0.3) is 0 Å². The van der Waals surface area contributed by atoms with Crippen molar-refractivity contribution < 1.29 is 9.53 Å². The Labute approximate surface area is 83.2 Å². The SMILES string of the molecule is C=CC(=O)c1ccc(OC2CC2)cc1. The van der Waals surface area contributed by atoms with Gasteiger partial charge in [0.2, 0.25) is 0 Å². The minimum absolute atomic E-state index is 0.0528. The van der Waals surface area contributed by atoms with Crippen LogP contribution in [0.15, 0.2) is 36.9 Å². The maximum absolute atomic E-state index is 11.2. The Morgan fingerprint density at radius 2 is 2.00 bits per heavy atom. The lowest BCUT2D eigenvalue weighted by Crippen LogP contribution is -1.97. The minimum Gasteiger partial charge on any atom is -0.490 e. The first-order valence-corrected chi connectivity index (χ1v) is 4.73. The van der Waals surface area contributed by atoms with Crippen LogP contribution in [0.2, 0.25) is 0 Å². The third kappa shape index (κ3) is 2.02. The van der Waals surface area contributed by atoms with Crippen molar-refractivity contribution in [3.8, 4) is 5.75 Å². The Balaban J connectivity index is 2.08. The van der Waals surface area contributed by atoms with Gasteiger partial charge in [-0.05, 0) is 43.2 Å². The summed E-state index contributed by atoms with van der Waals surface area (Å²) < 4.78 is 5.56. The second kappa shape index (κ2) is 3.66. The molecular weight excluding hydrogens is 176 g/mol. The molecule has 0 spiro atoms. The van der Waals surface area contributed by atoms with Crippen molar-refractivity contribution in [2.45, 2.75) is 18.9 Å². The molecule has 1 aromatic carbocycles. The highest BCUT2D eigenvalue weighted by molar-refractivity contribution is 6.04. The van der Waals surface area contributed by atoms with E-state index in [1.54, 1.807) is 12.1 Å². The second-order valence-corrected chi connectivity index (χ2v) is 3.41. The van der Waals surface area contributed by atoms with Crippen LogP contribution in [0.4, 0.5) is 0 Å². The van der Waals surface area contributed by atoms with Crippen LogP contribution >= 0.6 is 0 Å². The molecule has 0 bridgehead atoms. The molecule has 72 valence electrons. The number of carbonyl (C=O) groups is 1. The van der Waals surface area contributed by atoms with Crippen molar-refractivity contribution in [2.75, 3.05) is 0 Å². The van der Waals surface area contributed by atoms with Crippen LogP contribution in [0, 0.1) is 0 Å². The third-order valence-corrected chi connectivity index (χ3v) is 2.15. The molecular formula is C12H12O2. The van der Waals surface area contributed by atoms with E-state index in [9.17, 15) is 4.79 Å². The van der Waals surface area contributed by atoms with Gasteiger partial charge < -0.3 is 4.74 Å². The van der Waals surface area contributed by atoms with Gasteiger partial charge in [0, 0.05) is 5.56 Å². The molecule has 0 saturated heterocycles. The van der Waals surface area contributed by atoms with E-state index in [1.807, 2.05) is 12.1 Å². The first-order chi connectivity index (χ1) is 6.79. The number of ketones is 1. The maximum atomic E-state index is 11.2. The molecule has 1 aromatic rings. The van der Waals surface area contributed by atoms with Gasteiger partial charge in [0.1, 0.15) is 5.75 Å². The maximum Gasteiger partial charge on any atom is 0.185 e. The number of allylic oxidation sites excluding steroid dienone is 1. The monoisotopic (exact) mass is 188 g/mol. The van der Waals surface area contributed by atoms with Crippen molar-refractivity contribution in [1.82, 2.24) is 0 Å². The normalized spacial score (nSPS) is 14.9. The average molecular weight is 188 g/mol. The van der Waals surface area contributed by atoms with Gasteiger partial charge in [-0.2, -0.15) is 0 Å². The smallest absolute Gasteiger partial charge is 0.185 e. The fraction of sp³-hybridized carbons (Fsp3) is 0.250. The lowest BCUT2D eigenvalue weighted by molar-refractivity contribution is 0.104. The highest BCUT2D eigenvalue weighted by Crippen LogP contribution is 2.26. The largest absolute Gasteiger partial charge is 0.490 e. The summed E-state index contributed by atoms with van der Waals surface area (Å²) >= 11 is 0. The van der Waals surface area contributed by atoms with Crippen LogP contribution in [0.5, 0.6) is 5.75 Å². The first kappa shape index (κ1) is 9.00. The van der Waals surface area contributed by atoms with Gasteiger partial charge in [-0.15, -0.1) is 0 Å². The molecule has 0 atom stereocenters. The second-order valence-electron chi connectivity index (χ2n) is 3.41. The van der Waals surface area contributed by atoms with Crippen LogP contribution in [0.1, 0.15) is 23.2 Å². The summed E-state index contributed by atoms with van der Waals surface area (Å²) in [4.78, 5) is 11.2. The first-order valence-electron chi connectivity index (χ1n) is 4.73. The highest BCUT2D eigenvalue weighted by atomic mass is 16.5. The molecule has 2 nitrogen and oxygen atoms in total. The van der Waals surface area contributed by atoms with Gasteiger partial charge in [-0.25, -0.2) is 0 Å². The average Bonchev–Trinajstić information content (AvgIpc) is 3.02. The number of hydrogen-bond acceptors (Lipinski definition) is 2. The molecule has 0 heterocycles. The van der Waals surface area contributed by atoms with Gasteiger partial charge in [-0.3, -0.25) is 4.79 Å². The fourth-order valence-corrected chi connectivity index (χ4v) is 1.19. The van der Waals surface area contributed by atoms with Crippen molar-refractivity contribution >= 4 is 5.78 Å². The van der Waals surface area contributed by atoms with E-state index < -0.39 is 0 Å². The molecule has 14 heavy (non-hydrogen) atoms. The number of rotatable bonds is 4. The Morgan fingerprint density at radius 1 is 1.36 bits per heavy atom. The summed E-state index contributed by atoms with van der Waals surface area (Å²) in [6, 6.07) is 7.19. The summed E-state index contributed by atoms with van der Waals surface area (Å²) in [5, 5.41) is 0. The predicted molar refractivity (Wildman–Crippen MR) is 54.6 cm³/mol. The molecule has 0 unspecified atom stereocenters. The molecule has 0 aromatic heterocycles.